The monoisotopic (exact) mass is 385 g/mol. The minimum Gasteiger partial charge on any atom is -0.444 e. The molecule has 0 saturated heterocycles. The SMILES string of the molecule is CC(NC(=O)c1ccc(-c2cnco2)cc1)c1ccccc1NS(C)(=O)=O. The number of nitrogens with zero attached hydrogens (tertiary/aromatic N) is 1. The van der Waals surface area contributed by atoms with Gasteiger partial charge in [0.05, 0.1) is 24.2 Å². The van der Waals surface area contributed by atoms with Gasteiger partial charge in [0.2, 0.25) is 10.0 Å². The summed E-state index contributed by atoms with van der Waals surface area (Å²) in [7, 11) is -3.42. The van der Waals surface area contributed by atoms with E-state index in [9.17, 15) is 13.2 Å². The number of anilines is 1. The number of sulfonamides is 1. The highest BCUT2D eigenvalue weighted by molar-refractivity contribution is 7.92. The van der Waals surface area contributed by atoms with Gasteiger partial charge in [-0.05, 0) is 30.7 Å². The molecule has 2 N–H and O–H groups in total. The van der Waals surface area contributed by atoms with Crippen LogP contribution in [0.4, 0.5) is 5.69 Å². The summed E-state index contributed by atoms with van der Waals surface area (Å²) in [6.45, 7) is 1.80. The zero-order valence-corrected chi connectivity index (χ0v) is 15.7. The van der Waals surface area contributed by atoms with Crippen LogP contribution < -0.4 is 10.0 Å². The molecule has 3 rings (SSSR count). The normalized spacial score (nSPS) is 12.4. The average Bonchev–Trinajstić information content (AvgIpc) is 3.15. The number of carbonyl (C=O) groups is 1. The molecule has 7 nitrogen and oxygen atoms in total. The van der Waals surface area contributed by atoms with Gasteiger partial charge < -0.3 is 9.73 Å². The van der Waals surface area contributed by atoms with Gasteiger partial charge >= 0.3 is 0 Å². The molecule has 3 aromatic rings. The largest absolute Gasteiger partial charge is 0.444 e. The van der Waals surface area contributed by atoms with Crippen LogP contribution in [-0.4, -0.2) is 25.6 Å². The van der Waals surface area contributed by atoms with Crippen molar-refractivity contribution >= 4 is 21.6 Å². The number of para-hydroxylation sites is 1. The Kier molecular flexibility index (Phi) is 5.27. The lowest BCUT2D eigenvalue weighted by Crippen LogP contribution is -2.27. The molecular formula is C19H19N3O4S. The highest BCUT2D eigenvalue weighted by Crippen LogP contribution is 2.24. The lowest BCUT2D eigenvalue weighted by atomic mass is 10.1. The van der Waals surface area contributed by atoms with Gasteiger partial charge in [0.1, 0.15) is 0 Å². The van der Waals surface area contributed by atoms with Gasteiger partial charge in [-0.3, -0.25) is 9.52 Å². The Balaban J connectivity index is 1.74. The van der Waals surface area contributed by atoms with Crippen molar-refractivity contribution in [2.24, 2.45) is 0 Å². The van der Waals surface area contributed by atoms with E-state index in [4.69, 9.17) is 4.42 Å². The van der Waals surface area contributed by atoms with E-state index in [-0.39, 0.29) is 5.91 Å². The van der Waals surface area contributed by atoms with Gasteiger partial charge in [0.15, 0.2) is 12.2 Å². The molecule has 0 bridgehead atoms. The van der Waals surface area contributed by atoms with E-state index in [1.807, 2.05) is 0 Å². The predicted molar refractivity (Wildman–Crippen MR) is 103 cm³/mol. The first-order chi connectivity index (χ1) is 12.8. The van der Waals surface area contributed by atoms with Gasteiger partial charge in [0, 0.05) is 11.1 Å². The fourth-order valence-corrected chi connectivity index (χ4v) is 3.25. The number of amides is 1. The van der Waals surface area contributed by atoms with E-state index in [1.54, 1.807) is 61.7 Å². The zero-order valence-electron chi connectivity index (χ0n) is 14.8. The van der Waals surface area contributed by atoms with Crippen LogP contribution in [-0.2, 0) is 10.0 Å². The summed E-state index contributed by atoms with van der Waals surface area (Å²) in [5.74, 6) is 0.358. The Morgan fingerprint density at radius 1 is 1.11 bits per heavy atom. The lowest BCUT2D eigenvalue weighted by molar-refractivity contribution is 0.0940. The topological polar surface area (TPSA) is 101 Å². The fraction of sp³-hybridized carbons (Fsp3) is 0.158. The highest BCUT2D eigenvalue weighted by Gasteiger charge is 2.16. The van der Waals surface area contributed by atoms with Crippen LogP contribution >= 0.6 is 0 Å². The van der Waals surface area contributed by atoms with Crippen molar-refractivity contribution in [1.29, 1.82) is 0 Å². The summed E-state index contributed by atoms with van der Waals surface area (Å²) >= 11 is 0. The smallest absolute Gasteiger partial charge is 0.251 e. The van der Waals surface area contributed by atoms with Crippen molar-refractivity contribution in [3.05, 3.63) is 72.2 Å². The molecule has 0 spiro atoms. The number of hydrogen-bond acceptors (Lipinski definition) is 5. The Morgan fingerprint density at radius 3 is 2.44 bits per heavy atom. The third kappa shape index (κ3) is 4.73. The molecule has 8 heteroatoms. The molecule has 0 radical (unpaired) electrons. The van der Waals surface area contributed by atoms with Gasteiger partial charge in [-0.2, -0.15) is 0 Å². The minimum absolute atomic E-state index is 0.263. The maximum Gasteiger partial charge on any atom is 0.251 e. The maximum atomic E-state index is 12.5. The van der Waals surface area contributed by atoms with E-state index >= 15 is 0 Å². The fourth-order valence-electron chi connectivity index (χ4n) is 2.67. The maximum absolute atomic E-state index is 12.5. The molecule has 1 unspecified atom stereocenters. The van der Waals surface area contributed by atoms with Crippen molar-refractivity contribution in [2.45, 2.75) is 13.0 Å². The molecule has 0 fully saturated rings. The van der Waals surface area contributed by atoms with Gasteiger partial charge in [-0.25, -0.2) is 13.4 Å². The first kappa shape index (κ1) is 18.7. The quantitative estimate of drug-likeness (QED) is 0.678. The van der Waals surface area contributed by atoms with Crippen LogP contribution in [0, 0.1) is 0 Å². The van der Waals surface area contributed by atoms with Crippen molar-refractivity contribution in [3.63, 3.8) is 0 Å². The van der Waals surface area contributed by atoms with Gasteiger partial charge in [-0.15, -0.1) is 0 Å². The molecule has 1 aromatic heterocycles. The first-order valence-corrected chi connectivity index (χ1v) is 10.1. The second kappa shape index (κ2) is 7.63. The van der Waals surface area contributed by atoms with Crippen molar-refractivity contribution in [3.8, 4) is 11.3 Å². The van der Waals surface area contributed by atoms with Crippen LogP contribution in [0.3, 0.4) is 0 Å². The van der Waals surface area contributed by atoms with Gasteiger partial charge in [-0.1, -0.05) is 30.3 Å². The summed E-state index contributed by atoms with van der Waals surface area (Å²) in [6, 6.07) is 13.5. The Morgan fingerprint density at radius 2 is 1.81 bits per heavy atom. The molecule has 2 aromatic carbocycles. The summed E-state index contributed by atoms with van der Waals surface area (Å²) in [5, 5.41) is 2.88. The number of hydrogen-bond donors (Lipinski definition) is 2. The third-order valence-electron chi connectivity index (χ3n) is 3.93. The summed E-state index contributed by atoms with van der Waals surface area (Å²) in [6.07, 6.45) is 4.03. The van der Waals surface area contributed by atoms with Crippen LogP contribution in [0.2, 0.25) is 0 Å². The summed E-state index contributed by atoms with van der Waals surface area (Å²) in [5.41, 5.74) is 2.42. The molecule has 0 aliphatic carbocycles. The van der Waals surface area contributed by atoms with Crippen LogP contribution in [0.25, 0.3) is 11.3 Å². The number of oxazole rings is 1. The third-order valence-corrected chi connectivity index (χ3v) is 4.52. The van der Waals surface area contributed by atoms with Crippen LogP contribution in [0.15, 0.2) is 65.5 Å². The second-order valence-corrected chi connectivity index (χ2v) is 7.85. The number of nitrogens with one attached hydrogen (secondary N) is 2. The summed E-state index contributed by atoms with van der Waals surface area (Å²) in [4.78, 5) is 16.4. The molecule has 0 aliphatic rings. The number of benzene rings is 2. The first-order valence-electron chi connectivity index (χ1n) is 8.20. The molecule has 0 saturated carbocycles. The second-order valence-electron chi connectivity index (χ2n) is 6.10. The predicted octanol–water partition coefficient (Wildman–Crippen LogP) is 3.20. The van der Waals surface area contributed by atoms with Crippen molar-refractivity contribution < 1.29 is 17.6 Å². The molecule has 27 heavy (non-hydrogen) atoms. The standard InChI is InChI=1S/C19H19N3O4S/c1-13(16-5-3-4-6-17(16)22-27(2,24)25)21-19(23)15-9-7-14(8-10-15)18-11-20-12-26-18/h3-13,22H,1-2H3,(H,21,23). The molecule has 1 heterocycles. The van der Waals surface area contributed by atoms with E-state index in [0.29, 0.717) is 22.6 Å². The highest BCUT2D eigenvalue weighted by atomic mass is 32.2. The molecule has 140 valence electrons. The van der Waals surface area contributed by atoms with E-state index in [2.05, 4.69) is 15.0 Å². The number of rotatable bonds is 6. The average molecular weight is 385 g/mol. The Hall–Kier alpha value is -3.13. The van der Waals surface area contributed by atoms with Gasteiger partial charge in [0.25, 0.3) is 5.91 Å². The van der Waals surface area contributed by atoms with Crippen molar-refractivity contribution in [1.82, 2.24) is 10.3 Å². The van der Waals surface area contributed by atoms with E-state index < -0.39 is 16.1 Å². The molecular weight excluding hydrogens is 366 g/mol. The Labute approximate surface area is 157 Å². The van der Waals surface area contributed by atoms with Crippen LogP contribution in [0.1, 0.15) is 28.9 Å². The molecule has 0 aliphatic heterocycles. The van der Waals surface area contributed by atoms with E-state index in [0.717, 1.165) is 11.8 Å². The summed E-state index contributed by atoms with van der Waals surface area (Å²) < 4.78 is 30.8. The lowest BCUT2D eigenvalue weighted by Gasteiger charge is -2.18. The molecule has 1 amide bonds. The van der Waals surface area contributed by atoms with Crippen LogP contribution in [0.5, 0.6) is 0 Å². The Bertz CT molecular complexity index is 1030. The molecule has 1 atom stereocenters. The van der Waals surface area contributed by atoms with Crippen molar-refractivity contribution in [2.75, 3.05) is 11.0 Å². The zero-order chi connectivity index (χ0) is 19.4. The minimum atomic E-state index is -3.42. The number of carbonyl (C=O) groups excluding carboxylic acids is 1. The number of aromatic nitrogens is 1. The van der Waals surface area contributed by atoms with E-state index in [1.165, 1.54) is 6.39 Å².